The zero-order valence-electron chi connectivity index (χ0n) is 16.5. The number of nitrogens with zero attached hydrogens (tertiary/aromatic N) is 2. The van der Waals surface area contributed by atoms with Crippen LogP contribution in [0.15, 0.2) is 23.0 Å². The number of hydrogen-bond donors (Lipinski definition) is 1. The van der Waals surface area contributed by atoms with Gasteiger partial charge in [0.2, 0.25) is 0 Å². The number of nitrogens with one attached hydrogen (secondary N) is 1. The Bertz CT molecular complexity index is 1220. The molecule has 4 rings (SSSR count). The van der Waals surface area contributed by atoms with Gasteiger partial charge in [-0.25, -0.2) is 4.98 Å². The van der Waals surface area contributed by atoms with E-state index >= 15 is 0 Å². The van der Waals surface area contributed by atoms with E-state index in [9.17, 15) is 10.1 Å². The number of hydrogen-bond acceptors (Lipinski definition) is 6. The quantitative estimate of drug-likeness (QED) is 0.655. The summed E-state index contributed by atoms with van der Waals surface area (Å²) in [5.74, 6) is 2.07. The van der Waals surface area contributed by atoms with Crippen molar-refractivity contribution < 1.29 is 9.47 Å². The van der Waals surface area contributed by atoms with E-state index in [1.165, 1.54) is 4.88 Å². The van der Waals surface area contributed by atoms with Gasteiger partial charge in [-0.2, -0.15) is 5.26 Å². The van der Waals surface area contributed by atoms with E-state index in [1.54, 1.807) is 43.8 Å². The van der Waals surface area contributed by atoms with E-state index in [0.29, 0.717) is 27.6 Å². The van der Waals surface area contributed by atoms with Crippen LogP contribution in [0, 0.1) is 17.2 Å². The molecule has 7 heteroatoms. The van der Waals surface area contributed by atoms with Gasteiger partial charge in [0, 0.05) is 4.88 Å². The Morgan fingerprint density at radius 2 is 2.14 bits per heavy atom. The highest BCUT2D eigenvalue weighted by Crippen LogP contribution is 2.36. The molecule has 1 atom stereocenters. The molecule has 2 aromatic heterocycles. The summed E-state index contributed by atoms with van der Waals surface area (Å²) in [5, 5.41) is 10.4. The monoisotopic (exact) mass is 407 g/mol. The van der Waals surface area contributed by atoms with E-state index in [1.807, 2.05) is 6.07 Å². The highest BCUT2D eigenvalue weighted by Gasteiger charge is 2.23. The van der Waals surface area contributed by atoms with Gasteiger partial charge in [-0.05, 0) is 54.5 Å². The second kappa shape index (κ2) is 7.72. The molecule has 0 bridgehead atoms. The first-order chi connectivity index (χ1) is 14.0. The van der Waals surface area contributed by atoms with Crippen molar-refractivity contribution in [2.75, 3.05) is 14.2 Å². The number of allylic oxidation sites excluding steroid dienone is 1. The Hall–Kier alpha value is -3.11. The van der Waals surface area contributed by atoms with Gasteiger partial charge >= 0.3 is 0 Å². The summed E-state index contributed by atoms with van der Waals surface area (Å²) in [6.07, 6.45) is 4.66. The average Bonchev–Trinajstić information content (AvgIpc) is 3.09. The molecule has 3 aromatic rings. The molecule has 1 N–H and O–H groups in total. The molecule has 0 saturated heterocycles. The number of aromatic amines is 1. The summed E-state index contributed by atoms with van der Waals surface area (Å²) in [5.41, 5.74) is 1.99. The van der Waals surface area contributed by atoms with Gasteiger partial charge in [0.05, 0.1) is 25.2 Å². The van der Waals surface area contributed by atoms with E-state index in [2.05, 4.69) is 23.0 Å². The summed E-state index contributed by atoms with van der Waals surface area (Å²) in [6, 6.07) is 7.52. The van der Waals surface area contributed by atoms with Gasteiger partial charge in [0.1, 0.15) is 10.9 Å². The number of benzene rings is 1. The average molecular weight is 407 g/mol. The molecule has 148 valence electrons. The van der Waals surface area contributed by atoms with Crippen molar-refractivity contribution in [1.29, 1.82) is 5.26 Å². The molecule has 0 aliphatic heterocycles. The van der Waals surface area contributed by atoms with Gasteiger partial charge in [0.15, 0.2) is 17.3 Å². The van der Waals surface area contributed by atoms with Crippen LogP contribution in [-0.4, -0.2) is 24.2 Å². The lowest BCUT2D eigenvalue weighted by molar-refractivity contribution is 0.355. The largest absolute Gasteiger partial charge is 0.493 e. The minimum atomic E-state index is -0.175. The maximum absolute atomic E-state index is 12.8. The third-order valence-electron chi connectivity index (χ3n) is 5.26. The Balaban J connectivity index is 1.79. The van der Waals surface area contributed by atoms with Crippen LogP contribution in [0.25, 0.3) is 21.9 Å². The van der Waals surface area contributed by atoms with Crippen molar-refractivity contribution in [3.05, 3.63) is 50.4 Å². The zero-order chi connectivity index (χ0) is 20.5. The van der Waals surface area contributed by atoms with Gasteiger partial charge in [-0.15, -0.1) is 11.3 Å². The van der Waals surface area contributed by atoms with Crippen molar-refractivity contribution in [2.45, 2.75) is 26.2 Å². The molecule has 1 aromatic carbocycles. The summed E-state index contributed by atoms with van der Waals surface area (Å²) < 4.78 is 10.6. The molecule has 1 aliphatic carbocycles. The van der Waals surface area contributed by atoms with Crippen LogP contribution in [-0.2, 0) is 12.8 Å². The number of H-pyrrole nitrogens is 1. The van der Waals surface area contributed by atoms with Gasteiger partial charge in [-0.3, -0.25) is 4.79 Å². The first kappa shape index (κ1) is 19.2. The number of aromatic nitrogens is 2. The lowest BCUT2D eigenvalue weighted by Crippen LogP contribution is -2.14. The maximum atomic E-state index is 12.8. The third kappa shape index (κ3) is 3.52. The standard InChI is InChI=1S/C22H21N3O3S/c1-12-4-6-15-18(8-12)29-22-19(15)21(26)24-20(25-22)14(11-23)9-13-5-7-16(27-2)17(10-13)28-3/h5,7,9-10,12H,4,6,8H2,1-3H3,(H,24,25,26)/b14-9+. The second-order valence-corrected chi connectivity index (χ2v) is 8.31. The van der Waals surface area contributed by atoms with Crippen molar-refractivity contribution in [2.24, 2.45) is 5.92 Å². The Kier molecular flexibility index (Phi) is 5.12. The first-order valence-electron chi connectivity index (χ1n) is 9.42. The van der Waals surface area contributed by atoms with Crippen LogP contribution in [0.1, 0.15) is 35.2 Å². The third-order valence-corrected chi connectivity index (χ3v) is 6.41. The van der Waals surface area contributed by atoms with Crippen LogP contribution in [0.5, 0.6) is 11.5 Å². The van der Waals surface area contributed by atoms with Crippen LogP contribution < -0.4 is 15.0 Å². The minimum absolute atomic E-state index is 0.175. The summed E-state index contributed by atoms with van der Waals surface area (Å²) in [4.78, 5) is 22.2. The molecule has 2 heterocycles. The number of methoxy groups -OCH3 is 2. The normalized spacial score (nSPS) is 16.3. The van der Waals surface area contributed by atoms with Crippen LogP contribution >= 0.6 is 11.3 Å². The number of nitriles is 1. The number of rotatable bonds is 4. The maximum Gasteiger partial charge on any atom is 0.260 e. The predicted molar refractivity (Wildman–Crippen MR) is 114 cm³/mol. The lowest BCUT2D eigenvalue weighted by atomic mass is 9.89. The molecule has 1 unspecified atom stereocenters. The fraction of sp³-hybridized carbons (Fsp3) is 0.318. The fourth-order valence-corrected chi connectivity index (χ4v) is 5.12. The number of fused-ring (bicyclic) bond motifs is 3. The molecular weight excluding hydrogens is 386 g/mol. The fourth-order valence-electron chi connectivity index (χ4n) is 3.74. The Morgan fingerprint density at radius 3 is 2.86 bits per heavy atom. The van der Waals surface area contributed by atoms with E-state index in [0.717, 1.165) is 30.4 Å². The van der Waals surface area contributed by atoms with E-state index < -0.39 is 0 Å². The van der Waals surface area contributed by atoms with Crippen molar-refractivity contribution >= 4 is 33.2 Å². The van der Waals surface area contributed by atoms with E-state index in [4.69, 9.17) is 9.47 Å². The molecule has 29 heavy (non-hydrogen) atoms. The van der Waals surface area contributed by atoms with Crippen molar-refractivity contribution in [1.82, 2.24) is 9.97 Å². The number of aryl methyl sites for hydroxylation is 1. The van der Waals surface area contributed by atoms with E-state index in [-0.39, 0.29) is 17.0 Å². The second-order valence-electron chi connectivity index (χ2n) is 7.23. The Labute approximate surface area is 172 Å². The Morgan fingerprint density at radius 1 is 1.34 bits per heavy atom. The molecule has 0 radical (unpaired) electrons. The number of ether oxygens (including phenoxy) is 2. The number of thiophene rings is 1. The summed E-state index contributed by atoms with van der Waals surface area (Å²) in [6.45, 7) is 2.23. The van der Waals surface area contributed by atoms with Crippen molar-refractivity contribution in [3.63, 3.8) is 0 Å². The zero-order valence-corrected chi connectivity index (χ0v) is 17.4. The smallest absolute Gasteiger partial charge is 0.260 e. The molecule has 0 saturated carbocycles. The van der Waals surface area contributed by atoms with Gasteiger partial charge in [-0.1, -0.05) is 13.0 Å². The molecule has 0 spiro atoms. The van der Waals surface area contributed by atoms with Crippen LogP contribution in [0.4, 0.5) is 0 Å². The summed E-state index contributed by atoms with van der Waals surface area (Å²) in [7, 11) is 3.13. The van der Waals surface area contributed by atoms with Crippen molar-refractivity contribution in [3.8, 4) is 17.6 Å². The SMILES string of the molecule is COc1ccc(/C=C(\C#N)c2nc3sc4c(c3c(=O)[nH]2)CCC(C)C4)cc1OC. The molecule has 0 amide bonds. The van der Waals surface area contributed by atoms with Crippen LogP contribution in [0.2, 0.25) is 0 Å². The first-order valence-corrected chi connectivity index (χ1v) is 10.2. The molecule has 6 nitrogen and oxygen atoms in total. The molecule has 1 aliphatic rings. The minimum Gasteiger partial charge on any atom is -0.493 e. The van der Waals surface area contributed by atoms with Crippen LogP contribution in [0.3, 0.4) is 0 Å². The van der Waals surface area contributed by atoms with Gasteiger partial charge < -0.3 is 14.5 Å². The highest BCUT2D eigenvalue weighted by molar-refractivity contribution is 7.18. The summed E-state index contributed by atoms with van der Waals surface area (Å²) >= 11 is 1.57. The topological polar surface area (TPSA) is 88.0 Å². The lowest BCUT2D eigenvalue weighted by Gasteiger charge is -2.17. The highest BCUT2D eigenvalue weighted by atomic mass is 32.1. The van der Waals surface area contributed by atoms with Gasteiger partial charge in [0.25, 0.3) is 5.56 Å². The molecular formula is C22H21N3O3S. The predicted octanol–water partition coefficient (Wildman–Crippen LogP) is 4.19. The molecule has 0 fully saturated rings.